The van der Waals surface area contributed by atoms with Crippen LogP contribution in [0.25, 0.3) is 10.9 Å². The Morgan fingerprint density at radius 1 is 1.42 bits per heavy atom. The average molecular weight is 272 g/mol. The molecule has 2 aromatic rings. The van der Waals surface area contributed by atoms with Gasteiger partial charge in [0, 0.05) is 10.3 Å². The molecule has 0 atom stereocenters. The number of carbonyl (C=O) groups is 2. The van der Waals surface area contributed by atoms with E-state index in [4.69, 9.17) is 0 Å². The third-order valence-corrected chi connectivity index (χ3v) is 4.13. The zero-order valence-electron chi connectivity index (χ0n) is 10.4. The highest BCUT2D eigenvalue weighted by molar-refractivity contribution is 8.00. The lowest BCUT2D eigenvalue weighted by molar-refractivity contribution is -0.120. The van der Waals surface area contributed by atoms with Crippen molar-refractivity contribution in [1.82, 2.24) is 4.98 Å². The quantitative estimate of drug-likeness (QED) is 0.841. The molecule has 4 nitrogen and oxygen atoms in total. The molecule has 0 saturated carbocycles. The standard InChI is InChI=1S/C14H12N2O2S/c1-9(17)7-16-12-6-15-11-5-3-2-4-10(11)14(12)19-8-13(16)18/h2-6H,7-8H2,1H3. The van der Waals surface area contributed by atoms with Gasteiger partial charge in [-0.05, 0) is 13.0 Å². The molecule has 0 aliphatic carbocycles. The topological polar surface area (TPSA) is 50.3 Å². The van der Waals surface area contributed by atoms with E-state index in [0.29, 0.717) is 5.75 Å². The van der Waals surface area contributed by atoms with Crippen molar-refractivity contribution >= 4 is 40.0 Å². The van der Waals surface area contributed by atoms with Crippen LogP contribution in [0, 0.1) is 0 Å². The number of thioether (sulfide) groups is 1. The van der Waals surface area contributed by atoms with E-state index >= 15 is 0 Å². The first-order valence-electron chi connectivity index (χ1n) is 5.97. The summed E-state index contributed by atoms with van der Waals surface area (Å²) in [4.78, 5) is 30.2. The fourth-order valence-corrected chi connectivity index (χ4v) is 3.25. The lowest BCUT2D eigenvalue weighted by atomic mass is 10.2. The number of hydrogen-bond donors (Lipinski definition) is 0. The number of amides is 1. The molecule has 1 aromatic heterocycles. The van der Waals surface area contributed by atoms with Crippen molar-refractivity contribution in [1.29, 1.82) is 0 Å². The molecule has 0 spiro atoms. The zero-order chi connectivity index (χ0) is 13.4. The van der Waals surface area contributed by atoms with Crippen molar-refractivity contribution in [2.75, 3.05) is 17.2 Å². The highest BCUT2D eigenvalue weighted by Crippen LogP contribution is 2.39. The molecule has 1 aliphatic rings. The largest absolute Gasteiger partial charge is 0.302 e. The summed E-state index contributed by atoms with van der Waals surface area (Å²) in [5.74, 6) is 0.304. The summed E-state index contributed by atoms with van der Waals surface area (Å²) < 4.78 is 0. The highest BCUT2D eigenvalue weighted by atomic mass is 32.2. The van der Waals surface area contributed by atoms with Gasteiger partial charge in [0.15, 0.2) is 0 Å². The average Bonchev–Trinajstić information content (AvgIpc) is 2.41. The summed E-state index contributed by atoms with van der Waals surface area (Å²) in [6.45, 7) is 1.61. The van der Waals surface area contributed by atoms with Crippen molar-refractivity contribution in [2.45, 2.75) is 11.8 Å². The fraction of sp³-hybridized carbons (Fsp3) is 0.214. The minimum atomic E-state index is -0.0372. The van der Waals surface area contributed by atoms with Gasteiger partial charge in [0.2, 0.25) is 5.91 Å². The fourth-order valence-electron chi connectivity index (χ4n) is 2.19. The number of aromatic nitrogens is 1. The molecule has 3 rings (SSSR count). The van der Waals surface area contributed by atoms with Crippen LogP contribution in [-0.2, 0) is 9.59 Å². The number of benzene rings is 1. The number of carbonyl (C=O) groups excluding carboxylic acids is 2. The van der Waals surface area contributed by atoms with Crippen molar-refractivity contribution < 1.29 is 9.59 Å². The second kappa shape index (κ2) is 4.66. The minimum absolute atomic E-state index is 0.0284. The summed E-state index contributed by atoms with van der Waals surface area (Å²) in [6.07, 6.45) is 1.69. The number of hydrogen-bond acceptors (Lipinski definition) is 4. The third-order valence-electron chi connectivity index (χ3n) is 3.02. The summed E-state index contributed by atoms with van der Waals surface area (Å²) in [5, 5.41) is 1.03. The third kappa shape index (κ3) is 2.10. The van der Waals surface area contributed by atoms with E-state index in [1.165, 1.54) is 23.6 Å². The predicted molar refractivity (Wildman–Crippen MR) is 75.5 cm³/mol. The van der Waals surface area contributed by atoms with E-state index in [-0.39, 0.29) is 18.2 Å². The second-order valence-electron chi connectivity index (χ2n) is 4.46. The summed E-state index contributed by atoms with van der Waals surface area (Å²) >= 11 is 1.51. The maximum absolute atomic E-state index is 12.0. The van der Waals surface area contributed by atoms with Gasteiger partial charge >= 0.3 is 0 Å². The van der Waals surface area contributed by atoms with E-state index in [2.05, 4.69) is 4.98 Å². The van der Waals surface area contributed by atoms with E-state index in [9.17, 15) is 9.59 Å². The first-order valence-corrected chi connectivity index (χ1v) is 6.96. The van der Waals surface area contributed by atoms with Crippen LogP contribution in [0.15, 0.2) is 35.4 Å². The van der Waals surface area contributed by atoms with Crippen molar-refractivity contribution in [3.05, 3.63) is 30.5 Å². The number of Topliss-reactive ketones (excluding diaryl/α,β-unsaturated/α-hetero) is 1. The zero-order valence-corrected chi connectivity index (χ0v) is 11.2. The lowest BCUT2D eigenvalue weighted by Crippen LogP contribution is -2.38. The molecule has 1 aliphatic heterocycles. The van der Waals surface area contributed by atoms with E-state index in [1.807, 2.05) is 24.3 Å². The molecule has 0 saturated heterocycles. The molecule has 1 amide bonds. The van der Waals surface area contributed by atoms with Crippen LogP contribution in [0.2, 0.25) is 0 Å². The number of rotatable bonds is 2. The molecule has 1 aromatic carbocycles. The monoisotopic (exact) mass is 272 g/mol. The Bertz CT molecular complexity index is 684. The van der Waals surface area contributed by atoms with Gasteiger partial charge in [0.1, 0.15) is 5.78 Å². The van der Waals surface area contributed by atoms with Crippen LogP contribution in [0.1, 0.15) is 6.92 Å². The molecular formula is C14H12N2O2S. The Morgan fingerprint density at radius 3 is 3.00 bits per heavy atom. The number of pyridine rings is 1. The first kappa shape index (κ1) is 12.2. The molecule has 96 valence electrons. The maximum Gasteiger partial charge on any atom is 0.237 e. The normalized spacial score (nSPS) is 14.6. The molecule has 0 bridgehead atoms. The Hall–Kier alpha value is -1.88. The van der Waals surface area contributed by atoms with Crippen molar-refractivity contribution in [3.63, 3.8) is 0 Å². The molecule has 5 heteroatoms. The molecule has 0 radical (unpaired) electrons. The molecular weight excluding hydrogens is 260 g/mol. The highest BCUT2D eigenvalue weighted by Gasteiger charge is 2.27. The smallest absolute Gasteiger partial charge is 0.237 e. The summed E-state index contributed by atoms with van der Waals surface area (Å²) in [7, 11) is 0. The van der Waals surface area contributed by atoms with Gasteiger partial charge in [-0.2, -0.15) is 0 Å². The number of para-hydroxylation sites is 1. The van der Waals surface area contributed by atoms with Crippen molar-refractivity contribution in [2.24, 2.45) is 0 Å². The van der Waals surface area contributed by atoms with Crippen LogP contribution in [0.3, 0.4) is 0 Å². The number of nitrogens with zero attached hydrogens (tertiary/aromatic N) is 2. The van der Waals surface area contributed by atoms with Crippen LogP contribution >= 0.6 is 11.8 Å². The Balaban J connectivity index is 2.18. The van der Waals surface area contributed by atoms with E-state index in [0.717, 1.165) is 21.5 Å². The van der Waals surface area contributed by atoms with Crippen LogP contribution < -0.4 is 4.90 Å². The summed E-state index contributed by atoms with van der Waals surface area (Å²) in [5.41, 5.74) is 1.65. The lowest BCUT2D eigenvalue weighted by Gasteiger charge is -2.28. The Kier molecular flexibility index (Phi) is 2.98. The van der Waals surface area contributed by atoms with E-state index in [1.54, 1.807) is 6.20 Å². The minimum Gasteiger partial charge on any atom is -0.302 e. The van der Waals surface area contributed by atoms with Crippen LogP contribution in [-0.4, -0.2) is 29.0 Å². The Labute approximate surface area is 114 Å². The SMILES string of the molecule is CC(=O)CN1C(=O)CSc2c1cnc1ccccc21. The van der Waals surface area contributed by atoms with E-state index < -0.39 is 0 Å². The molecule has 19 heavy (non-hydrogen) atoms. The number of fused-ring (bicyclic) bond motifs is 3. The maximum atomic E-state index is 12.0. The van der Waals surface area contributed by atoms with Gasteiger partial charge in [0.05, 0.1) is 29.7 Å². The Morgan fingerprint density at radius 2 is 2.21 bits per heavy atom. The molecule has 0 N–H and O–H groups in total. The summed E-state index contributed by atoms with van der Waals surface area (Å²) in [6, 6.07) is 7.84. The second-order valence-corrected chi connectivity index (χ2v) is 5.45. The van der Waals surface area contributed by atoms with Gasteiger partial charge < -0.3 is 4.90 Å². The number of ketones is 1. The first-order chi connectivity index (χ1) is 9.16. The molecule has 0 unspecified atom stereocenters. The van der Waals surface area contributed by atoms with Gasteiger partial charge in [0.25, 0.3) is 0 Å². The van der Waals surface area contributed by atoms with Crippen molar-refractivity contribution in [3.8, 4) is 0 Å². The van der Waals surface area contributed by atoms with Gasteiger partial charge in [-0.3, -0.25) is 14.6 Å². The molecule has 0 fully saturated rings. The molecule has 2 heterocycles. The van der Waals surface area contributed by atoms with Crippen LogP contribution in [0.5, 0.6) is 0 Å². The van der Waals surface area contributed by atoms with Gasteiger partial charge in [-0.25, -0.2) is 0 Å². The van der Waals surface area contributed by atoms with Crippen LogP contribution in [0.4, 0.5) is 5.69 Å². The van der Waals surface area contributed by atoms with Gasteiger partial charge in [-0.1, -0.05) is 18.2 Å². The predicted octanol–water partition coefficient (Wildman–Crippen LogP) is 2.26. The van der Waals surface area contributed by atoms with Gasteiger partial charge in [-0.15, -0.1) is 11.8 Å². The number of anilines is 1.